The summed E-state index contributed by atoms with van der Waals surface area (Å²) in [5, 5.41) is -0.0612. The lowest BCUT2D eigenvalue weighted by Crippen LogP contribution is -1.87. The topological polar surface area (TPSA) is 34.1 Å². The average Bonchev–Trinajstić information content (AvgIpc) is 2.43. The Bertz CT molecular complexity index is 334. The maximum absolute atomic E-state index is 11.1. The first-order valence-corrected chi connectivity index (χ1v) is 6.07. The van der Waals surface area contributed by atoms with Gasteiger partial charge in [0, 0.05) is 9.81 Å². The number of halogens is 2. The molecule has 6 heteroatoms. The Kier molecular flexibility index (Phi) is 2.27. The van der Waals surface area contributed by atoms with Crippen molar-refractivity contribution in [2.75, 3.05) is 0 Å². The second kappa shape index (κ2) is 3.01. The molecule has 0 atom stereocenters. The number of hydrogen-bond donors (Lipinski definition) is 0. The van der Waals surface area contributed by atoms with Gasteiger partial charge >= 0.3 is 0 Å². The van der Waals surface area contributed by atoms with Gasteiger partial charge in [-0.15, -0.1) is 0 Å². The molecule has 12 heavy (non-hydrogen) atoms. The van der Waals surface area contributed by atoms with Crippen molar-refractivity contribution >= 4 is 65.6 Å². The second-order valence-corrected chi connectivity index (χ2v) is 5.62. The molecule has 0 saturated carbocycles. The Morgan fingerprint density at radius 3 is 1.50 bits per heavy atom. The van der Waals surface area contributed by atoms with Crippen molar-refractivity contribution in [2.24, 2.45) is 0 Å². The van der Waals surface area contributed by atoms with Gasteiger partial charge in [0.05, 0.1) is 8.96 Å². The van der Waals surface area contributed by atoms with E-state index in [1.165, 1.54) is 0 Å². The van der Waals surface area contributed by atoms with Crippen LogP contribution in [0.3, 0.4) is 0 Å². The van der Waals surface area contributed by atoms with E-state index in [4.69, 9.17) is 0 Å². The van der Waals surface area contributed by atoms with Crippen LogP contribution in [0.2, 0.25) is 0 Å². The van der Waals surface area contributed by atoms with Gasteiger partial charge in [0.25, 0.3) is 0 Å². The molecule has 0 aromatic carbocycles. The molecule has 0 radical (unpaired) electrons. The molecule has 62 valence electrons. The third kappa shape index (κ3) is 1.16. The van der Waals surface area contributed by atoms with Gasteiger partial charge in [0.15, 0.2) is 0 Å². The third-order valence-electron chi connectivity index (χ3n) is 1.35. The highest BCUT2D eigenvalue weighted by atomic mass is 79.9. The lowest BCUT2D eigenvalue weighted by molar-refractivity contribution is -0.107. The van der Waals surface area contributed by atoms with Crippen LogP contribution in [-0.2, 0) is 9.59 Å². The molecule has 0 aromatic rings. The molecule has 2 aliphatic heterocycles. The van der Waals surface area contributed by atoms with Crippen molar-refractivity contribution in [2.45, 2.75) is 0 Å². The summed E-state index contributed by atoms with van der Waals surface area (Å²) in [7, 11) is 0. The van der Waals surface area contributed by atoms with Crippen molar-refractivity contribution in [3.8, 4) is 0 Å². The number of carbonyl (C=O) groups excluding carboxylic acids is 2. The molecule has 2 nitrogen and oxygen atoms in total. The van der Waals surface area contributed by atoms with Crippen LogP contribution >= 0.6 is 55.4 Å². The Balaban J connectivity index is 2.59. The molecule has 0 amide bonds. The highest BCUT2D eigenvalue weighted by molar-refractivity contribution is 9.13. The molecule has 0 bridgehead atoms. The largest absolute Gasteiger partial charge is 0.281 e. The summed E-state index contributed by atoms with van der Waals surface area (Å²) < 4.78 is 1.02. The Labute approximate surface area is 93.5 Å². The van der Waals surface area contributed by atoms with E-state index in [0.29, 0.717) is 8.96 Å². The minimum Gasteiger partial charge on any atom is -0.281 e. The van der Waals surface area contributed by atoms with Crippen LogP contribution in [0.5, 0.6) is 0 Å². The summed E-state index contributed by atoms with van der Waals surface area (Å²) in [5.41, 5.74) is 0. The van der Waals surface area contributed by atoms with Crippen LogP contribution < -0.4 is 0 Å². The summed E-state index contributed by atoms with van der Waals surface area (Å²) in [4.78, 5) is 23.7. The molecule has 0 aromatic heterocycles. The van der Waals surface area contributed by atoms with Gasteiger partial charge in [-0.2, -0.15) is 0 Å². The van der Waals surface area contributed by atoms with Gasteiger partial charge in [-0.3, -0.25) is 9.59 Å². The zero-order valence-corrected chi connectivity index (χ0v) is 10.2. The van der Waals surface area contributed by atoms with Gasteiger partial charge in [0.2, 0.25) is 10.2 Å². The Morgan fingerprint density at radius 2 is 1.17 bits per heavy atom. The molecule has 0 unspecified atom stereocenters. The minimum atomic E-state index is -0.0306. The monoisotopic (exact) mass is 326 g/mol. The van der Waals surface area contributed by atoms with Crippen molar-refractivity contribution in [3.05, 3.63) is 18.8 Å². The van der Waals surface area contributed by atoms with E-state index in [9.17, 15) is 9.59 Å². The maximum Gasteiger partial charge on any atom is 0.232 e. The summed E-state index contributed by atoms with van der Waals surface area (Å²) >= 11 is 8.47. The fourth-order valence-corrected chi connectivity index (χ4v) is 4.36. The number of rotatable bonds is 0. The fraction of sp³-hybridized carbons (Fsp3) is 0. The van der Waals surface area contributed by atoms with Gasteiger partial charge in [-0.25, -0.2) is 0 Å². The molecule has 2 aliphatic rings. The van der Waals surface area contributed by atoms with Crippen LogP contribution in [0.25, 0.3) is 0 Å². The minimum absolute atomic E-state index is 0.0306. The number of fused-ring (bicyclic) bond motifs is 1. The Hall–Kier alpha value is 0.480. The van der Waals surface area contributed by atoms with Crippen molar-refractivity contribution in [3.63, 3.8) is 0 Å². The standard InChI is InChI=1S/C6Br2O2S2/c7-1-3-4(12-5(1)9)2(8)6(10)11-3. The highest BCUT2D eigenvalue weighted by Crippen LogP contribution is 2.54. The molecular weight excluding hydrogens is 328 g/mol. The number of hydrogen-bond acceptors (Lipinski definition) is 4. The van der Waals surface area contributed by atoms with Crippen LogP contribution in [0.15, 0.2) is 18.8 Å². The molecule has 0 spiro atoms. The average molecular weight is 328 g/mol. The first-order valence-electron chi connectivity index (χ1n) is 2.85. The quantitative estimate of drug-likeness (QED) is 0.685. The summed E-state index contributed by atoms with van der Waals surface area (Å²) in [5.74, 6) is 0. The predicted octanol–water partition coefficient (Wildman–Crippen LogP) is 2.75. The molecule has 2 rings (SSSR count). The van der Waals surface area contributed by atoms with E-state index in [-0.39, 0.29) is 10.2 Å². The maximum atomic E-state index is 11.1. The number of carbonyl (C=O) groups is 2. The van der Waals surface area contributed by atoms with Gasteiger partial charge in [-0.1, -0.05) is 0 Å². The second-order valence-electron chi connectivity index (χ2n) is 2.07. The number of thioether (sulfide) groups is 2. The highest BCUT2D eigenvalue weighted by Gasteiger charge is 2.37. The molecule has 0 saturated heterocycles. The van der Waals surface area contributed by atoms with E-state index in [0.717, 1.165) is 33.3 Å². The van der Waals surface area contributed by atoms with E-state index in [1.807, 2.05) is 0 Å². The third-order valence-corrected chi connectivity index (χ3v) is 6.05. The molecule has 0 N–H and O–H groups in total. The Morgan fingerprint density at radius 1 is 0.833 bits per heavy atom. The van der Waals surface area contributed by atoms with Gasteiger partial charge < -0.3 is 0 Å². The predicted molar refractivity (Wildman–Crippen MR) is 57.1 cm³/mol. The van der Waals surface area contributed by atoms with Crippen LogP contribution in [-0.4, -0.2) is 10.2 Å². The molecule has 0 aliphatic carbocycles. The van der Waals surface area contributed by atoms with Crippen molar-refractivity contribution in [1.29, 1.82) is 0 Å². The lowest BCUT2D eigenvalue weighted by Gasteiger charge is -1.87. The van der Waals surface area contributed by atoms with E-state index in [2.05, 4.69) is 31.9 Å². The van der Waals surface area contributed by atoms with Gasteiger partial charge in [0.1, 0.15) is 0 Å². The smallest absolute Gasteiger partial charge is 0.232 e. The SMILES string of the molecule is O=C1SC2=C(Br)C(=O)SC2=C1Br. The summed E-state index contributed by atoms with van der Waals surface area (Å²) in [6, 6.07) is 0. The first-order chi connectivity index (χ1) is 5.61. The van der Waals surface area contributed by atoms with Crippen LogP contribution in [0, 0.1) is 0 Å². The lowest BCUT2D eigenvalue weighted by atomic mass is 10.4. The van der Waals surface area contributed by atoms with E-state index < -0.39 is 0 Å². The van der Waals surface area contributed by atoms with E-state index in [1.54, 1.807) is 0 Å². The normalized spacial score (nSPS) is 22.8. The van der Waals surface area contributed by atoms with Crippen LogP contribution in [0.4, 0.5) is 0 Å². The summed E-state index contributed by atoms with van der Waals surface area (Å²) in [6.07, 6.45) is 0. The van der Waals surface area contributed by atoms with Crippen molar-refractivity contribution in [1.82, 2.24) is 0 Å². The van der Waals surface area contributed by atoms with Crippen molar-refractivity contribution < 1.29 is 9.59 Å². The first kappa shape index (κ1) is 9.05. The molecule has 2 heterocycles. The fourth-order valence-electron chi connectivity index (χ4n) is 0.842. The summed E-state index contributed by atoms with van der Waals surface area (Å²) in [6.45, 7) is 0. The molecule has 0 fully saturated rings. The zero-order valence-electron chi connectivity index (χ0n) is 5.39. The molecular formula is C6Br2O2S2. The van der Waals surface area contributed by atoms with Gasteiger partial charge in [-0.05, 0) is 55.4 Å². The zero-order chi connectivity index (χ0) is 8.88. The van der Waals surface area contributed by atoms with E-state index >= 15 is 0 Å². The van der Waals surface area contributed by atoms with Crippen LogP contribution in [0.1, 0.15) is 0 Å².